The summed E-state index contributed by atoms with van der Waals surface area (Å²) in [6.07, 6.45) is 2.40. The highest BCUT2D eigenvalue weighted by Gasteiger charge is 2.26. The number of nitrogens with zero attached hydrogens (tertiary/aromatic N) is 5. The van der Waals surface area contributed by atoms with Crippen molar-refractivity contribution in [2.45, 2.75) is 0 Å². The lowest BCUT2D eigenvalue weighted by Crippen LogP contribution is -2.28. The van der Waals surface area contributed by atoms with E-state index in [0.717, 1.165) is 6.34 Å². The first kappa shape index (κ1) is 11.6. The highest BCUT2D eigenvalue weighted by molar-refractivity contribution is 6.67. The SMILES string of the molecule is CN=C=O.[N-]=[N+]=C1N=CN=C1C(N)=O. The second-order valence-electron chi connectivity index (χ2n) is 1.83. The Morgan fingerprint density at radius 2 is 2.36 bits per heavy atom. The molecule has 0 aromatic rings. The van der Waals surface area contributed by atoms with Gasteiger partial charge in [0.25, 0.3) is 5.91 Å². The zero-order chi connectivity index (χ0) is 11.0. The van der Waals surface area contributed by atoms with Crippen LogP contribution in [0.15, 0.2) is 15.0 Å². The fourth-order valence-electron chi connectivity index (χ4n) is 0.507. The van der Waals surface area contributed by atoms with Gasteiger partial charge in [0.05, 0.1) is 0 Å². The van der Waals surface area contributed by atoms with Gasteiger partial charge in [0, 0.05) is 7.05 Å². The van der Waals surface area contributed by atoms with Crippen molar-refractivity contribution in [1.82, 2.24) is 0 Å². The van der Waals surface area contributed by atoms with Crippen molar-refractivity contribution in [1.29, 1.82) is 0 Å². The molecule has 72 valence electrons. The van der Waals surface area contributed by atoms with Crippen LogP contribution >= 0.6 is 0 Å². The van der Waals surface area contributed by atoms with E-state index in [1.165, 1.54) is 13.1 Å². The van der Waals surface area contributed by atoms with Crippen LogP contribution in [0.4, 0.5) is 0 Å². The zero-order valence-corrected chi connectivity index (χ0v) is 7.21. The highest BCUT2D eigenvalue weighted by atomic mass is 16.1. The van der Waals surface area contributed by atoms with E-state index in [2.05, 4.69) is 19.8 Å². The minimum Gasteiger partial charge on any atom is -0.497 e. The smallest absolute Gasteiger partial charge is 0.434 e. The normalized spacial score (nSPS) is 11.8. The molecule has 1 heterocycles. The van der Waals surface area contributed by atoms with Gasteiger partial charge in [0.1, 0.15) is 0 Å². The summed E-state index contributed by atoms with van der Waals surface area (Å²) in [6, 6.07) is 0. The van der Waals surface area contributed by atoms with E-state index in [1.807, 2.05) is 0 Å². The second-order valence-corrected chi connectivity index (χ2v) is 1.83. The van der Waals surface area contributed by atoms with E-state index in [1.54, 1.807) is 0 Å². The van der Waals surface area contributed by atoms with Crippen LogP contribution < -0.4 is 5.73 Å². The molecule has 0 saturated carbocycles. The Hall–Kier alpha value is -2.43. The van der Waals surface area contributed by atoms with Crippen molar-refractivity contribution in [3.05, 3.63) is 5.53 Å². The minimum absolute atomic E-state index is 0.123. The number of carbonyl (C=O) groups is 1. The maximum absolute atomic E-state index is 10.4. The monoisotopic (exact) mass is 194 g/mol. The second kappa shape index (κ2) is 6.13. The van der Waals surface area contributed by atoms with Gasteiger partial charge in [-0.2, -0.15) is 4.99 Å². The summed E-state index contributed by atoms with van der Waals surface area (Å²) in [5.41, 5.74) is 12.9. The molecule has 1 rings (SSSR count). The summed E-state index contributed by atoms with van der Waals surface area (Å²) in [6.45, 7) is 0. The Morgan fingerprint density at radius 3 is 2.64 bits per heavy atom. The van der Waals surface area contributed by atoms with Crippen molar-refractivity contribution < 1.29 is 14.4 Å². The molecule has 0 aliphatic carbocycles. The number of primary amides is 1. The summed E-state index contributed by atoms with van der Waals surface area (Å²) in [5, 5.41) is 0. The Bertz CT molecular complexity index is 383. The van der Waals surface area contributed by atoms with Gasteiger partial charge >= 0.3 is 5.84 Å². The Kier molecular flexibility index (Phi) is 5.06. The van der Waals surface area contributed by atoms with Crippen LogP contribution in [0.1, 0.15) is 0 Å². The molecule has 14 heavy (non-hydrogen) atoms. The zero-order valence-electron chi connectivity index (χ0n) is 7.21. The number of nitrogens with two attached hydrogens (primary N) is 1. The van der Waals surface area contributed by atoms with Gasteiger partial charge in [-0.3, -0.25) is 4.79 Å². The quantitative estimate of drug-likeness (QED) is 0.236. The number of isocyanates is 1. The van der Waals surface area contributed by atoms with E-state index in [9.17, 15) is 4.79 Å². The number of hydrogen-bond acceptors (Lipinski definition) is 4. The van der Waals surface area contributed by atoms with Crippen molar-refractivity contribution in [2.75, 3.05) is 7.05 Å². The van der Waals surface area contributed by atoms with E-state index in [-0.39, 0.29) is 11.5 Å². The van der Waals surface area contributed by atoms with Crippen molar-refractivity contribution in [3.63, 3.8) is 0 Å². The van der Waals surface area contributed by atoms with Gasteiger partial charge in [-0.05, 0) is 4.99 Å². The van der Waals surface area contributed by atoms with Crippen LogP contribution in [0.5, 0.6) is 0 Å². The summed E-state index contributed by atoms with van der Waals surface area (Å²) in [5.74, 6) is -0.905. The van der Waals surface area contributed by atoms with Crippen LogP contribution in [0.2, 0.25) is 0 Å². The molecule has 8 nitrogen and oxygen atoms in total. The van der Waals surface area contributed by atoms with E-state index < -0.39 is 5.91 Å². The molecule has 8 heteroatoms. The largest absolute Gasteiger partial charge is 0.497 e. The molecular formula is C6H6N6O2. The molecule has 0 aromatic heterocycles. The number of hydrogen-bond donors (Lipinski definition) is 1. The topological polar surface area (TPSA) is 134 Å². The summed E-state index contributed by atoms with van der Waals surface area (Å²) in [7, 11) is 1.38. The van der Waals surface area contributed by atoms with Gasteiger partial charge in [-0.1, -0.05) is 0 Å². The number of carbonyl (C=O) groups excluding carboxylic acids is 2. The fraction of sp³-hybridized carbons (Fsp3) is 0.167. The molecule has 0 atom stereocenters. The first-order valence-electron chi connectivity index (χ1n) is 3.25. The lowest BCUT2D eigenvalue weighted by Gasteiger charge is -1.81. The molecule has 1 amide bonds. The van der Waals surface area contributed by atoms with Crippen LogP contribution in [-0.2, 0) is 9.59 Å². The van der Waals surface area contributed by atoms with E-state index >= 15 is 0 Å². The van der Waals surface area contributed by atoms with Gasteiger partial charge in [0.2, 0.25) is 18.1 Å². The van der Waals surface area contributed by atoms with Crippen LogP contribution in [0, 0.1) is 0 Å². The van der Waals surface area contributed by atoms with Crippen LogP contribution in [0.25, 0.3) is 5.53 Å². The van der Waals surface area contributed by atoms with Gasteiger partial charge in [-0.25, -0.2) is 9.79 Å². The van der Waals surface area contributed by atoms with Gasteiger partial charge < -0.3 is 16.1 Å². The molecule has 0 saturated heterocycles. The number of rotatable bonds is 1. The van der Waals surface area contributed by atoms with E-state index in [0.29, 0.717) is 0 Å². The lowest BCUT2D eigenvalue weighted by atomic mass is 10.3. The van der Waals surface area contributed by atoms with Crippen molar-refractivity contribution in [3.8, 4) is 0 Å². The molecule has 0 radical (unpaired) electrons. The van der Waals surface area contributed by atoms with Gasteiger partial charge in [0.15, 0.2) is 0 Å². The number of aliphatic imine (C=N–C) groups is 3. The maximum atomic E-state index is 10.4. The average Bonchev–Trinajstić information content (AvgIpc) is 2.66. The average molecular weight is 194 g/mol. The van der Waals surface area contributed by atoms with Crippen LogP contribution in [0.3, 0.4) is 0 Å². The standard InChI is InChI=1S/C4H3N5O.C2H3NO/c5-3(10)2-4(9-6)8-1-7-2;1-3-2-4/h1H,(H2,5,10);1H3. The highest BCUT2D eigenvalue weighted by Crippen LogP contribution is 1.89. The predicted octanol–water partition coefficient (Wildman–Crippen LogP) is -1.47. The molecule has 0 unspecified atom stereocenters. The molecule has 1 aliphatic heterocycles. The number of amides is 1. The Balaban J connectivity index is 0.000000364. The van der Waals surface area contributed by atoms with Crippen molar-refractivity contribution >= 4 is 29.9 Å². The first-order valence-corrected chi connectivity index (χ1v) is 3.25. The first-order chi connectivity index (χ1) is 6.67. The summed E-state index contributed by atoms with van der Waals surface area (Å²) < 4.78 is 0. The molecule has 0 aromatic carbocycles. The van der Waals surface area contributed by atoms with Gasteiger partial charge in [-0.15, -0.1) is 0 Å². The maximum Gasteiger partial charge on any atom is 0.434 e. The Morgan fingerprint density at radius 1 is 1.79 bits per heavy atom. The third-order valence-electron chi connectivity index (χ3n) is 0.998. The lowest BCUT2D eigenvalue weighted by molar-refractivity contribution is -0.111. The van der Waals surface area contributed by atoms with Crippen LogP contribution in [-0.4, -0.2) is 41.7 Å². The predicted molar refractivity (Wildman–Crippen MR) is 47.8 cm³/mol. The molecule has 0 spiro atoms. The fourth-order valence-corrected chi connectivity index (χ4v) is 0.507. The molecule has 0 fully saturated rings. The number of amidine groups is 1. The third-order valence-corrected chi connectivity index (χ3v) is 0.998. The Labute approximate surface area is 78.5 Å². The minimum atomic E-state index is -0.759. The summed E-state index contributed by atoms with van der Waals surface area (Å²) >= 11 is 0. The van der Waals surface area contributed by atoms with Crippen molar-refractivity contribution in [2.24, 2.45) is 20.7 Å². The third kappa shape index (κ3) is 3.31. The molecular weight excluding hydrogens is 188 g/mol. The summed E-state index contributed by atoms with van der Waals surface area (Å²) in [4.78, 5) is 31.8. The molecule has 0 bridgehead atoms. The molecule has 1 aliphatic rings. The molecule has 2 N–H and O–H groups in total. The van der Waals surface area contributed by atoms with E-state index in [4.69, 9.17) is 16.1 Å².